The van der Waals surface area contributed by atoms with Gasteiger partial charge in [-0.25, -0.2) is 4.98 Å². The van der Waals surface area contributed by atoms with Gasteiger partial charge in [0.2, 0.25) is 0 Å². The highest BCUT2D eigenvalue weighted by atomic mass is 15.1. The first-order chi connectivity index (χ1) is 25.2. The van der Waals surface area contributed by atoms with E-state index in [9.17, 15) is 0 Å². The molecule has 1 aliphatic rings. The largest absolute Gasteiger partial charge is 0.337 e. The van der Waals surface area contributed by atoms with Gasteiger partial charge in [0.25, 0.3) is 0 Å². The highest BCUT2D eigenvalue weighted by Gasteiger charge is 2.21. The minimum Gasteiger partial charge on any atom is -0.337 e. The summed E-state index contributed by atoms with van der Waals surface area (Å²) in [6.07, 6.45) is 8.52. The van der Waals surface area contributed by atoms with Crippen LogP contribution in [0.15, 0.2) is 195 Å². The Labute approximate surface area is 298 Å². The zero-order valence-electron chi connectivity index (χ0n) is 28.2. The van der Waals surface area contributed by atoms with E-state index in [1.807, 2.05) is 6.07 Å². The number of nitrogens with zero attached hydrogens (tertiary/aromatic N) is 3. The molecule has 242 valence electrons. The third kappa shape index (κ3) is 5.55. The van der Waals surface area contributed by atoms with E-state index in [1.165, 1.54) is 10.8 Å². The number of fused-ring (bicyclic) bond motifs is 4. The van der Waals surface area contributed by atoms with Gasteiger partial charge in [-0.15, -0.1) is 0 Å². The number of allylic oxidation sites excluding steroid dienone is 4. The summed E-state index contributed by atoms with van der Waals surface area (Å²) in [6, 6.07) is 58.2. The Bertz CT molecular complexity index is 2550. The summed E-state index contributed by atoms with van der Waals surface area (Å²) in [5.74, 6) is 0.882. The molecule has 9 rings (SSSR count). The summed E-state index contributed by atoms with van der Waals surface area (Å²) in [4.78, 5) is 7.73. The number of hydrogen-bond acceptors (Lipinski definition) is 2. The van der Waals surface area contributed by atoms with Gasteiger partial charge in [0.1, 0.15) is 5.82 Å². The number of rotatable bonds is 5. The Morgan fingerprint density at radius 3 is 2.04 bits per heavy atom. The first-order valence-electron chi connectivity index (χ1n) is 17.4. The Balaban J connectivity index is 1.29. The van der Waals surface area contributed by atoms with Gasteiger partial charge in [0.05, 0.1) is 16.7 Å². The minimum absolute atomic E-state index is 0.749. The summed E-state index contributed by atoms with van der Waals surface area (Å²) in [6.45, 7) is 5.34. The van der Waals surface area contributed by atoms with Crippen molar-refractivity contribution >= 4 is 38.8 Å². The van der Waals surface area contributed by atoms with E-state index in [2.05, 4.69) is 198 Å². The number of anilines is 2. The van der Waals surface area contributed by atoms with Crippen LogP contribution in [0.5, 0.6) is 0 Å². The van der Waals surface area contributed by atoms with Crippen LogP contribution in [-0.4, -0.2) is 16.1 Å². The van der Waals surface area contributed by atoms with E-state index in [-0.39, 0.29) is 0 Å². The van der Waals surface area contributed by atoms with Crippen molar-refractivity contribution in [2.45, 2.75) is 0 Å². The molecule has 0 fully saturated rings. The molecule has 3 heterocycles. The van der Waals surface area contributed by atoms with Crippen molar-refractivity contribution in [2.24, 2.45) is 0 Å². The van der Waals surface area contributed by atoms with Crippen LogP contribution >= 0.6 is 0 Å². The monoisotopic (exact) mass is 653 g/mol. The molecule has 0 radical (unpaired) electrons. The lowest BCUT2D eigenvalue weighted by atomic mass is 9.92. The molecule has 8 aromatic rings. The lowest BCUT2D eigenvalue weighted by Gasteiger charge is -2.28. The number of pyridine rings is 1. The molecule has 0 saturated carbocycles. The van der Waals surface area contributed by atoms with Crippen LogP contribution < -0.4 is 4.90 Å². The maximum Gasteiger partial charge on any atom is 0.138 e. The molecule has 0 amide bonds. The third-order valence-electron chi connectivity index (χ3n) is 9.76. The molecule has 0 atom stereocenters. The van der Waals surface area contributed by atoms with Crippen LogP contribution in [0.3, 0.4) is 0 Å². The summed E-state index contributed by atoms with van der Waals surface area (Å²) in [7, 11) is 0. The van der Waals surface area contributed by atoms with E-state index in [1.54, 1.807) is 0 Å². The Morgan fingerprint density at radius 1 is 0.529 bits per heavy atom. The second-order valence-electron chi connectivity index (χ2n) is 12.9. The van der Waals surface area contributed by atoms with Gasteiger partial charge in [-0.05, 0) is 70.3 Å². The van der Waals surface area contributed by atoms with Crippen molar-refractivity contribution in [3.63, 3.8) is 0 Å². The van der Waals surface area contributed by atoms with Gasteiger partial charge in [-0.2, -0.15) is 0 Å². The Kier molecular flexibility index (Phi) is 7.71. The molecule has 0 spiro atoms. The lowest BCUT2D eigenvalue weighted by Crippen LogP contribution is -2.18. The van der Waals surface area contributed by atoms with Crippen molar-refractivity contribution in [2.75, 3.05) is 11.4 Å². The molecule has 2 aromatic heterocycles. The lowest BCUT2D eigenvalue weighted by molar-refractivity contribution is 1.08. The SMILES string of the molecule is C=C1/C=C\C=C/CN(c2ccccc2)c2cccc(-c3ccc4c5ccccc5n(-c5cc(-c6ccccc6)cc(-c6ccccc6)n5)c4c3)c21. The first-order valence-corrected chi connectivity index (χ1v) is 17.4. The molecule has 3 heteroatoms. The van der Waals surface area contributed by atoms with Crippen LogP contribution in [0.25, 0.3) is 66.7 Å². The third-order valence-corrected chi connectivity index (χ3v) is 9.76. The van der Waals surface area contributed by atoms with Crippen molar-refractivity contribution in [1.82, 2.24) is 9.55 Å². The summed E-state index contributed by atoms with van der Waals surface area (Å²) in [5, 5.41) is 2.38. The molecule has 0 aliphatic carbocycles. The Hall–Kier alpha value is -6.71. The summed E-state index contributed by atoms with van der Waals surface area (Å²) in [5.41, 5.74) is 13.2. The smallest absolute Gasteiger partial charge is 0.138 e. The topological polar surface area (TPSA) is 21.1 Å². The molecule has 0 N–H and O–H groups in total. The number of hydrogen-bond donors (Lipinski definition) is 0. The van der Waals surface area contributed by atoms with Gasteiger partial charge in [-0.1, -0.05) is 152 Å². The van der Waals surface area contributed by atoms with Gasteiger partial charge in [0.15, 0.2) is 0 Å². The van der Waals surface area contributed by atoms with Crippen molar-refractivity contribution in [3.05, 3.63) is 200 Å². The normalized spacial score (nSPS) is 14.1. The molecular weight excluding hydrogens is 619 g/mol. The van der Waals surface area contributed by atoms with E-state index < -0.39 is 0 Å². The molecule has 1 aliphatic heterocycles. The van der Waals surface area contributed by atoms with Crippen LogP contribution in [0.2, 0.25) is 0 Å². The predicted octanol–water partition coefficient (Wildman–Crippen LogP) is 12.5. The van der Waals surface area contributed by atoms with Crippen LogP contribution in [0.1, 0.15) is 5.56 Å². The van der Waals surface area contributed by atoms with E-state index >= 15 is 0 Å². The van der Waals surface area contributed by atoms with E-state index in [4.69, 9.17) is 4.98 Å². The molecule has 0 unspecified atom stereocenters. The summed E-state index contributed by atoms with van der Waals surface area (Å²) < 4.78 is 2.33. The highest BCUT2D eigenvalue weighted by molar-refractivity contribution is 6.10. The number of para-hydroxylation sites is 2. The van der Waals surface area contributed by atoms with Gasteiger partial charge in [0, 0.05) is 39.8 Å². The first kappa shape index (κ1) is 30.4. The van der Waals surface area contributed by atoms with E-state index in [0.29, 0.717) is 0 Å². The zero-order chi connectivity index (χ0) is 34.1. The maximum absolute atomic E-state index is 5.36. The van der Waals surface area contributed by atoms with Crippen molar-refractivity contribution < 1.29 is 0 Å². The zero-order valence-corrected chi connectivity index (χ0v) is 28.2. The molecular formula is C48H35N3. The van der Waals surface area contributed by atoms with Crippen molar-refractivity contribution in [3.8, 4) is 39.3 Å². The molecule has 0 bridgehead atoms. The van der Waals surface area contributed by atoms with Gasteiger partial charge in [-0.3, -0.25) is 4.57 Å². The van der Waals surface area contributed by atoms with Crippen LogP contribution in [-0.2, 0) is 0 Å². The predicted molar refractivity (Wildman–Crippen MR) is 216 cm³/mol. The Morgan fingerprint density at radius 2 is 1.24 bits per heavy atom. The van der Waals surface area contributed by atoms with Crippen LogP contribution in [0, 0.1) is 0 Å². The van der Waals surface area contributed by atoms with Gasteiger partial charge >= 0.3 is 0 Å². The standard InChI is InChI=1S/C48H35N3/c1-34-17-6-5-15-30-50(39-22-11-4-12-23-39)45-27-16-25-40(48(34)45)37-28-29-42-41-24-13-14-26-44(41)51(46(42)32-37)47-33-38(35-18-7-2-8-19-35)31-43(49-47)36-20-9-3-10-21-36/h2-29,31-33H,1,30H2/b15-5-,17-6-. The maximum atomic E-state index is 5.36. The van der Waals surface area contributed by atoms with Crippen LogP contribution in [0.4, 0.5) is 11.4 Å². The number of aromatic nitrogens is 2. The molecule has 51 heavy (non-hydrogen) atoms. The quantitative estimate of drug-likeness (QED) is 0.184. The van der Waals surface area contributed by atoms with Crippen molar-refractivity contribution in [1.29, 1.82) is 0 Å². The fourth-order valence-corrected chi connectivity index (χ4v) is 7.36. The fraction of sp³-hybridized carbons (Fsp3) is 0.0208. The molecule has 6 aromatic carbocycles. The highest BCUT2D eigenvalue weighted by Crippen LogP contribution is 2.42. The second kappa shape index (κ2) is 13.0. The fourth-order valence-electron chi connectivity index (χ4n) is 7.36. The average Bonchev–Trinajstić information content (AvgIpc) is 3.56. The van der Waals surface area contributed by atoms with Gasteiger partial charge < -0.3 is 4.90 Å². The minimum atomic E-state index is 0.749. The average molecular weight is 654 g/mol. The van der Waals surface area contributed by atoms with E-state index in [0.717, 1.165) is 79.4 Å². The molecule has 3 nitrogen and oxygen atoms in total. The molecule has 0 saturated heterocycles. The second-order valence-corrected chi connectivity index (χ2v) is 12.9. The summed E-state index contributed by atoms with van der Waals surface area (Å²) >= 11 is 0. The number of benzene rings is 6.